The van der Waals surface area contributed by atoms with E-state index in [2.05, 4.69) is 6.07 Å². The second kappa shape index (κ2) is 3.34. The number of rotatable bonds is 1. The van der Waals surface area contributed by atoms with Crippen molar-refractivity contribution in [3.63, 3.8) is 0 Å². The molecule has 1 aliphatic heterocycles. The van der Waals surface area contributed by atoms with Crippen LogP contribution >= 0.6 is 0 Å². The number of furan rings is 1. The van der Waals surface area contributed by atoms with Crippen LogP contribution < -0.4 is 0 Å². The van der Waals surface area contributed by atoms with Crippen LogP contribution in [0.3, 0.4) is 0 Å². The summed E-state index contributed by atoms with van der Waals surface area (Å²) in [6, 6.07) is 7.91. The number of ether oxygens (including phenoxy) is 1. The lowest BCUT2D eigenvalue weighted by Crippen LogP contribution is -2.24. The monoisotopic (exact) mass is 218 g/mol. The fraction of sp³-hybridized carbons (Fsp3) is 0.385. The van der Waals surface area contributed by atoms with Gasteiger partial charge in [0.05, 0.1) is 13.2 Å². The summed E-state index contributed by atoms with van der Waals surface area (Å²) in [5.74, 6) is 0.616. The molecule has 1 aromatic carbocycles. The van der Waals surface area contributed by atoms with Crippen LogP contribution in [0.5, 0.6) is 0 Å². The molecule has 1 fully saturated rings. The average molecular weight is 218 g/mol. The molecule has 0 aliphatic carbocycles. The normalized spacial score (nSPS) is 25.4. The third kappa shape index (κ3) is 1.44. The van der Waals surface area contributed by atoms with Gasteiger partial charge in [-0.3, -0.25) is 0 Å². The molecule has 0 bridgehead atoms. The van der Waals surface area contributed by atoms with Crippen molar-refractivity contribution < 1.29 is 14.3 Å². The van der Waals surface area contributed by atoms with Crippen LogP contribution in [-0.2, 0) is 10.3 Å². The Labute approximate surface area is 93.6 Å². The smallest absolute Gasteiger partial charge is 0.147 e. The Balaban J connectivity index is 2.11. The standard InChI is InChI=1S/C13H14O3/c1-9-2-3-11-10(6-9)7-12(16-11)13(14)4-5-15-8-13/h2-3,6-7,14H,4-5,8H2,1H3. The summed E-state index contributed by atoms with van der Waals surface area (Å²) < 4.78 is 10.9. The molecule has 16 heavy (non-hydrogen) atoms. The highest BCUT2D eigenvalue weighted by atomic mass is 16.5. The minimum atomic E-state index is -0.938. The van der Waals surface area contributed by atoms with Crippen LogP contribution in [0.1, 0.15) is 17.7 Å². The molecule has 0 saturated carbocycles. The van der Waals surface area contributed by atoms with Gasteiger partial charge in [-0.25, -0.2) is 0 Å². The molecule has 3 rings (SSSR count). The topological polar surface area (TPSA) is 42.6 Å². The minimum absolute atomic E-state index is 0.325. The van der Waals surface area contributed by atoms with Gasteiger partial charge in [0.15, 0.2) is 0 Å². The molecule has 1 aliphatic rings. The summed E-state index contributed by atoms with van der Waals surface area (Å²) in [4.78, 5) is 0. The third-order valence-corrected chi connectivity index (χ3v) is 3.13. The lowest BCUT2D eigenvalue weighted by atomic mass is 10.00. The Kier molecular flexibility index (Phi) is 2.06. The molecule has 1 unspecified atom stereocenters. The van der Waals surface area contributed by atoms with Gasteiger partial charge in [0.2, 0.25) is 0 Å². The van der Waals surface area contributed by atoms with E-state index in [9.17, 15) is 5.11 Å². The Morgan fingerprint density at radius 3 is 2.94 bits per heavy atom. The number of fused-ring (bicyclic) bond motifs is 1. The van der Waals surface area contributed by atoms with Crippen LogP contribution in [0.15, 0.2) is 28.7 Å². The van der Waals surface area contributed by atoms with Crippen molar-refractivity contribution in [2.45, 2.75) is 18.9 Å². The first-order chi connectivity index (χ1) is 7.67. The quantitative estimate of drug-likeness (QED) is 0.799. The first-order valence-corrected chi connectivity index (χ1v) is 5.48. The zero-order chi connectivity index (χ0) is 11.2. The van der Waals surface area contributed by atoms with E-state index < -0.39 is 5.60 Å². The van der Waals surface area contributed by atoms with Crippen molar-refractivity contribution >= 4 is 11.0 Å². The Morgan fingerprint density at radius 2 is 2.19 bits per heavy atom. The number of aliphatic hydroxyl groups is 1. The molecule has 3 nitrogen and oxygen atoms in total. The molecule has 0 amide bonds. The minimum Gasteiger partial charge on any atom is -0.458 e. The average Bonchev–Trinajstić information content (AvgIpc) is 2.84. The molecule has 3 heteroatoms. The Morgan fingerprint density at radius 1 is 1.31 bits per heavy atom. The van der Waals surface area contributed by atoms with E-state index in [1.807, 2.05) is 25.1 Å². The van der Waals surface area contributed by atoms with E-state index in [4.69, 9.17) is 9.15 Å². The van der Waals surface area contributed by atoms with Gasteiger partial charge in [0.1, 0.15) is 16.9 Å². The molecule has 0 radical (unpaired) electrons. The summed E-state index contributed by atoms with van der Waals surface area (Å²) >= 11 is 0. The first-order valence-electron chi connectivity index (χ1n) is 5.48. The number of hydrogen-bond donors (Lipinski definition) is 1. The number of aryl methyl sites for hydroxylation is 1. The summed E-state index contributed by atoms with van der Waals surface area (Å²) in [6.45, 7) is 2.96. The van der Waals surface area contributed by atoms with Crippen LogP contribution in [0, 0.1) is 6.92 Å². The van der Waals surface area contributed by atoms with Crippen LogP contribution in [0.25, 0.3) is 11.0 Å². The Bertz CT molecular complexity index is 521. The van der Waals surface area contributed by atoms with E-state index in [-0.39, 0.29) is 0 Å². The lowest BCUT2D eigenvalue weighted by molar-refractivity contribution is 0.00579. The summed E-state index contributed by atoms with van der Waals surface area (Å²) in [6.07, 6.45) is 0.603. The van der Waals surface area contributed by atoms with Crippen molar-refractivity contribution in [1.82, 2.24) is 0 Å². The van der Waals surface area contributed by atoms with Crippen molar-refractivity contribution in [1.29, 1.82) is 0 Å². The highest BCUT2D eigenvalue weighted by molar-refractivity contribution is 5.78. The molecule has 1 aromatic heterocycles. The molecular weight excluding hydrogens is 204 g/mol. The van der Waals surface area contributed by atoms with Gasteiger partial charge >= 0.3 is 0 Å². The summed E-state index contributed by atoms with van der Waals surface area (Å²) in [5, 5.41) is 11.4. The molecule has 1 saturated heterocycles. The summed E-state index contributed by atoms with van der Waals surface area (Å²) in [7, 11) is 0. The molecule has 84 valence electrons. The largest absolute Gasteiger partial charge is 0.458 e. The van der Waals surface area contributed by atoms with Gasteiger partial charge in [-0.1, -0.05) is 11.6 Å². The third-order valence-electron chi connectivity index (χ3n) is 3.13. The van der Waals surface area contributed by atoms with E-state index in [0.29, 0.717) is 25.4 Å². The van der Waals surface area contributed by atoms with E-state index in [0.717, 1.165) is 11.0 Å². The second-order valence-corrected chi connectivity index (χ2v) is 4.49. The van der Waals surface area contributed by atoms with Gasteiger partial charge in [-0.15, -0.1) is 0 Å². The molecule has 2 aromatic rings. The SMILES string of the molecule is Cc1ccc2oc(C3(O)CCOC3)cc2c1. The van der Waals surface area contributed by atoms with Gasteiger partial charge in [-0.2, -0.15) is 0 Å². The van der Waals surface area contributed by atoms with Gasteiger partial charge < -0.3 is 14.3 Å². The molecular formula is C13H14O3. The predicted molar refractivity (Wildman–Crippen MR) is 60.3 cm³/mol. The maximum absolute atomic E-state index is 10.3. The van der Waals surface area contributed by atoms with Gasteiger partial charge in [-0.05, 0) is 25.1 Å². The number of hydrogen-bond acceptors (Lipinski definition) is 3. The maximum Gasteiger partial charge on any atom is 0.147 e. The molecule has 2 heterocycles. The fourth-order valence-electron chi connectivity index (χ4n) is 2.14. The summed E-state index contributed by atoms with van der Waals surface area (Å²) in [5.41, 5.74) is 1.07. The highest BCUT2D eigenvalue weighted by Crippen LogP contribution is 2.34. The zero-order valence-corrected chi connectivity index (χ0v) is 9.19. The van der Waals surface area contributed by atoms with Crippen molar-refractivity contribution in [3.05, 3.63) is 35.6 Å². The first kappa shape index (κ1) is 9.87. The molecule has 0 spiro atoms. The zero-order valence-electron chi connectivity index (χ0n) is 9.19. The van der Waals surface area contributed by atoms with E-state index >= 15 is 0 Å². The maximum atomic E-state index is 10.3. The lowest BCUT2D eigenvalue weighted by Gasteiger charge is -2.16. The second-order valence-electron chi connectivity index (χ2n) is 4.49. The molecule has 1 N–H and O–H groups in total. The highest BCUT2D eigenvalue weighted by Gasteiger charge is 2.37. The molecule has 1 atom stereocenters. The van der Waals surface area contributed by atoms with Crippen LogP contribution in [0.2, 0.25) is 0 Å². The Hall–Kier alpha value is -1.32. The van der Waals surface area contributed by atoms with Crippen LogP contribution in [0.4, 0.5) is 0 Å². The van der Waals surface area contributed by atoms with Crippen molar-refractivity contribution in [2.24, 2.45) is 0 Å². The van der Waals surface area contributed by atoms with Crippen molar-refractivity contribution in [2.75, 3.05) is 13.2 Å². The van der Waals surface area contributed by atoms with Crippen molar-refractivity contribution in [3.8, 4) is 0 Å². The van der Waals surface area contributed by atoms with Crippen LogP contribution in [-0.4, -0.2) is 18.3 Å². The van der Waals surface area contributed by atoms with E-state index in [1.165, 1.54) is 5.56 Å². The van der Waals surface area contributed by atoms with E-state index in [1.54, 1.807) is 0 Å². The van der Waals surface area contributed by atoms with Gasteiger partial charge in [0.25, 0.3) is 0 Å². The fourth-order valence-corrected chi connectivity index (χ4v) is 2.14. The van der Waals surface area contributed by atoms with Gasteiger partial charge in [0, 0.05) is 11.8 Å². The number of benzene rings is 1. The predicted octanol–water partition coefficient (Wildman–Crippen LogP) is 2.35.